The lowest BCUT2D eigenvalue weighted by Crippen LogP contribution is -1.83. The summed E-state index contributed by atoms with van der Waals surface area (Å²) in [6.07, 6.45) is 0. The monoisotopic (exact) mass is 354 g/mol. The van der Waals surface area contributed by atoms with Gasteiger partial charge >= 0.3 is 0 Å². The summed E-state index contributed by atoms with van der Waals surface area (Å²) in [5.41, 5.74) is 4.25. The number of fused-ring (bicyclic) bond motifs is 2. The third kappa shape index (κ3) is 2.40. The van der Waals surface area contributed by atoms with Crippen LogP contribution in [0.5, 0.6) is 0 Å². The Hall–Kier alpha value is -3.03. The first-order valence-corrected chi connectivity index (χ1v) is 8.95. The normalized spacial score (nSPS) is 11.3. The lowest BCUT2D eigenvalue weighted by atomic mass is 9.95. The van der Waals surface area contributed by atoms with Crippen molar-refractivity contribution in [2.45, 2.75) is 0 Å². The van der Waals surface area contributed by atoms with Gasteiger partial charge in [0.15, 0.2) is 0 Å². The van der Waals surface area contributed by atoms with Crippen LogP contribution in [0.15, 0.2) is 95.4 Å². The highest BCUT2D eigenvalue weighted by atomic mass is 35.5. The van der Waals surface area contributed by atoms with E-state index in [0.717, 1.165) is 49.2 Å². The van der Waals surface area contributed by atoms with Crippen LogP contribution < -0.4 is 0 Å². The molecule has 0 N–H and O–H groups in total. The van der Waals surface area contributed by atoms with Gasteiger partial charge in [0.2, 0.25) is 0 Å². The highest BCUT2D eigenvalue weighted by Gasteiger charge is 2.18. The number of hydrogen-bond donors (Lipinski definition) is 0. The molecule has 0 atom stereocenters. The van der Waals surface area contributed by atoms with Gasteiger partial charge in [-0.15, -0.1) is 0 Å². The summed E-state index contributed by atoms with van der Waals surface area (Å²) in [4.78, 5) is 0. The van der Waals surface area contributed by atoms with E-state index in [9.17, 15) is 0 Å². The van der Waals surface area contributed by atoms with E-state index in [4.69, 9.17) is 16.0 Å². The van der Waals surface area contributed by atoms with E-state index in [-0.39, 0.29) is 0 Å². The molecule has 0 amide bonds. The minimum atomic E-state index is 0.738. The van der Waals surface area contributed by atoms with Crippen LogP contribution in [0.1, 0.15) is 0 Å². The van der Waals surface area contributed by atoms with Crippen molar-refractivity contribution in [2.24, 2.45) is 0 Å². The molecule has 4 aromatic carbocycles. The first kappa shape index (κ1) is 15.2. The van der Waals surface area contributed by atoms with Gasteiger partial charge in [-0.25, -0.2) is 0 Å². The van der Waals surface area contributed by atoms with Gasteiger partial charge in [0.25, 0.3) is 0 Å². The lowest BCUT2D eigenvalue weighted by molar-refractivity contribution is 0.633. The zero-order valence-electron chi connectivity index (χ0n) is 13.9. The smallest absolute Gasteiger partial charge is 0.143 e. The minimum absolute atomic E-state index is 0.738. The van der Waals surface area contributed by atoms with Crippen LogP contribution in [0.3, 0.4) is 0 Å². The molecule has 0 aliphatic carbocycles. The third-order valence-corrected chi connectivity index (χ3v) is 4.98. The Balaban J connectivity index is 1.89. The molecule has 1 nitrogen and oxygen atoms in total. The van der Waals surface area contributed by atoms with E-state index >= 15 is 0 Å². The second-order valence-electron chi connectivity index (χ2n) is 6.34. The van der Waals surface area contributed by atoms with Gasteiger partial charge in [0.05, 0.1) is 0 Å². The van der Waals surface area contributed by atoms with Gasteiger partial charge in [-0.05, 0) is 34.5 Å². The van der Waals surface area contributed by atoms with Crippen LogP contribution in [0.25, 0.3) is 44.2 Å². The Labute approximate surface area is 156 Å². The highest BCUT2D eigenvalue weighted by Crippen LogP contribution is 2.43. The second kappa shape index (κ2) is 6.05. The fraction of sp³-hybridized carbons (Fsp3) is 0. The summed E-state index contributed by atoms with van der Waals surface area (Å²) >= 11 is 6.18. The molecule has 0 radical (unpaired) electrons. The second-order valence-corrected chi connectivity index (χ2v) is 6.78. The molecule has 5 rings (SSSR count). The molecular weight excluding hydrogens is 340 g/mol. The first-order chi connectivity index (χ1) is 12.8. The van der Waals surface area contributed by atoms with Gasteiger partial charge in [-0.3, -0.25) is 0 Å². The van der Waals surface area contributed by atoms with Gasteiger partial charge < -0.3 is 4.42 Å². The summed E-state index contributed by atoms with van der Waals surface area (Å²) in [6, 6.07) is 30.8. The molecule has 0 bridgehead atoms. The van der Waals surface area contributed by atoms with E-state index in [1.54, 1.807) is 0 Å². The number of benzene rings is 4. The molecular formula is C24H15ClO. The summed E-state index contributed by atoms with van der Waals surface area (Å²) in [6.45, 7) is 0. The van der Waals surface area contributed by atoms with Gasteiger partial charge in [-0.1, -0.05) is 84.4 Å². The van der Waals surface area contributed by atoms with Crippen LogP contribution in [0.4, 0.5) is 0 Å². The molecule has 0 spiro atoms. The zero-order chi connectivity index (χ0) is 17.5. The van der Waals surface area contributed by atoms with Gasteiger partial charge in [0, 0.05) is 21.5 Å². The van der Waals surface area contributed by atoms with Crippen LogP contribution in [0, 0.1) is 0 Å². The van der Waals surface area contributed by atoms with E-state index in [1.807, 2.05) is 30.3 Å². The largest absolute Gasteiger partial charge is 0.455 e. The molecule has 26 heavy (non-hydrogen) atoms. The number of halogens is 1. The lowest BCUT2D eigenvalue weighted by Gasteiger charge is -2.08. The molecule has 0 unspecified atom stereocenters. The average molecular weight is 355 g/mol. The SMILES string of the molecule is Clc1ccc2c(-c3oc4ccccc4c3-c3ccccc3)cccc2c1. The summed E-state index contributed by atoms with van der Waals surface area (Å²) < 4.78 is 6.35. The fourth-order valence-corrected chi connectivity index (χ4v) is 3.76. The third-order valence-electron chi connectivity index (χ3n) is 4.75. The Kier molecular flexibility index (Phi) is 3.55. The topological polar surface area (TPSA) is 13.1 Å². The Morgan fingerprint density at radius 2 is 1.46 bits per heavy atom. The predicted octanol–water partition coefficient (Wildman–Crippen LogP) is 7.57. The fourth-order valence-electron chi connectivity index (χ4n) is 3.58. The molecule has 1 aromatic heterocycles. The van der Waals surface area contributed by atoms with E-state index in [2.05, 4.69) is 60.7 Å². The molecule has 1 heterocycles. The van der Waals surface area contributed by atoms with E-state index in [1.165, 1.54) is 0 Å². The Morgan fingerprint density at radius 1 is 0.654 bits per heavy atom. The van der Waals surface area contributed by atoms with Crippen molar-refractivity contribution < 1.29 is 4.42 Å². The number of rotatable bonds is 2. The minimum Gasteiger partial charge on any atom is -0.455 e. The number of hydrogen-bond acceptors (Lipinski definition) is 1. The molecule has 0 saturated carbocycles. The van der Waals surface area contributed by atoms with Crippen LogP contribution >= 0.6 is 11.6 Å². The molecule has 2 heteroatoms. The first-order valence-electron chi connectivity index (χ1n) is 8.57. The maximum absolute atomic E-state index is 6.35. The maximum Gasteiger partial charge on any atom is 0.143 e. The van der Waals surface area contributed by atoms with Crippen molar-refractivity contribution in [2.75, 3.05) is 0 Å². The van der Waals surface area contributed by atoms with Gasteiger partial charge in [0.1, 0.15) is 11.3 Å². The van der Waals surface area contributed by atoms with Crippen LogP contribution in [-0.4, -0.2) is 0 Å². The molecule has 0 aliphatic rings. The standard InChI is InChI=1S/C24H15ClO/c25-18-13-14-19-17(15-18)9-6-11-20(19)24-23(16-7-2-1-3-8-16)21-10-4-5-12-22(21)26-24/h1-15H. The quantitative estimate of drug-likeness (QED) is 0.318. The van der Waals surface area contributed by atoms with Crippen molar-refractivity contribution in [1.82, 2.24) is 0 Å². The summed E-state index contributed by atoms with van der Waals surface area (Å²) in [5, 5.41) is 4.10. The van der Waals surface area contributed by atoms with Crippen molar-refractivity contribution in [1.29, 1.82) is 0 Å². The molecule has 124 valence electrons. The number of furan rings is 1. The summed E-state index contributed by atoms with van der Waals surface area (Å²) in [5.74, 6) is 0.894. The van der Waals surface area contributed by atoms with Crippen molar-refractivity contribution in [3.63, 3.8) is 0 Å². The molecule has 0 fully saturated rings. The molecule has 0 saturated heterocycles. The van der Waals surface area contributed by atoms with Crippen LogP contribution in [-0.2, 0) is 0 Å². The predicted molar refractivity (Wildman–Crippen MR) is 110 cm³/mol. The maximum atomic E-state index is 6.35. The Bertz CT molecular complexity index is 1240. The highest BCUT2D eigenvalue weighted by molar-refractivity contribution is 6.31. The summed E-state index contributed by atoms with van der Waals surface area (Å²) in [7, 11) is 0. The zero-order valence-corrected chi connectivity index (χ0v) is 14.7. The van der Waals surface area contributed by atoms with E-state index < -0.39 is 0 Å². The molecule has 5 aromatic rings. The van der Waals surface area contributed by atoms with Crippen molar-refractivity contribution in [3.8, 4) is 22.5 Å². The van der Waals surface area contributed by atoms with Gasteiger partial charge in [-0.2, -0.15) is 0 Å². The molecule has 0 aliphatic heterocycles. The van der Waals surface area contributed by atoms with Crippen LogP contribution in [0.2, 0.25) is 5.02 Å². The van der Waals surface area contributed by atoms with E-state index in [0.29, 0.717) is 0 Å². The van der Waals surface area contributed by atoms with Crippen molar-refractivity contribution >= 4 is 33.3 Å². The average Bonchev–Trinajstić information content (AvgIpc) is 3.07. The van der Waals surface area contributed by atoms with Crippen molar-refractivity contribution in [3.05, 3.63) is 96.0 Å². The number of para-hydroxylation sites is 1. The Morgan fingerprint density at radius 3 is 2.35 bits per heavy atom.